The van der Waals surface area contributed by atoms with Gasteiger partial charge >= 0.3 is 0 Å². The molecule has 4 rings (SSSR count). The lowest BCUT2D eigenvalue weighted by molar-refractivity contribution is -0.118. The minimum Gasteiger partial charge on any atom is -0.508 e. The predicted molar refractivity (Wildman–Crippen MR) is 145 cm³/mol. The van der Waals surface area contributed by atoms with Gasteiger partial charge in [-0.05, 0) is 47.7 Å². The molecule has 1 amide bonds. The SMILES string of the molecule is Cc1ccc(-n2c(SCC(=O)N/N=C\c3cccc(O)c3)nnc2-c2ccc(C(C)(C)C)cc2)cc1. The summed E-state index contributed by atoms with van der Waals surface area (Å²) >= 11 is 1.29. The van der Waals surface area contributed by atoms with Gasteiger partial charge in [0, 0.05) is 11.3 Å². The van der Waals surface area contributed by atoms with E-state index < -0.39 is 0 Å². The zero-order valence-corrected chi connectivity index (χ0v) is 21.6. The Labute approximate surface area is 215 Å². The number of nitrogens with zero attached hydrogens (tertiary/aromatic N) is 4. The van der Waals surface area contributed by atoms with Crippen LogP contribution in [0.4, 0.5) is 0 Å². The maximum Gasteiger partial charge on any atom is 0.250 e. The molecule has 0 spiro atoms. The number of carbonyl (C=O) groups is 1. The van der Waals surface area contributed by atoms with Crippen LogP contribution in [0.15, 0.2) is 83.1 Å². The number of aryl methyl sites for hydroxylation is 1. The van der Waals surface area contributed by atoms with Crippen LogP contribution in [0, 0.1) is 6.92 Å². The Hall–Kier alpha value is -3.91. The molecule has 0 saturated carbocycles. The highest BCUT2D eigenvalue weighted by molar-refractivity contribution is 7.99. The Morgan fingerprint density at radius 2 is 1.78 bits per heavy atom. The van der Waals surface area contributed by atoms with Crippen molar-refractivity contribution in [3.63, 3.8) is 0 Å². The standard InChI is InChI=1S/C28H29N5O2S/c1-19-8-14-23(15-9-19)33-26(21-10-12-22(13-11-21)28(2,3)4)31-32-27(33)36-18-25(35)30-29-17-20-6-5-7-24(34)16-20/h5-17,34H,18H2,1-4H3,(H,30,35)/b29-17-. The Kier molecular flexibility index (Phi) is 7.55. The van der Waals surface area contributed by atoms with Gasteiger partial charge in [-0.15, -0.1) is 10.2 Å². The number of thioether (sulfide) groups is 1. The number of rotatable bonds is 7. The summed E-state index contributed by atoms with van der Waals surface area (Å²) in [6.07, 6.45) is 1.48. The number of aromatic hydroxyl groups is 1. The summed E-state index contributed by atoms with van der Waals surface area (Å²) in [6, 6.07) is 23.1. The molecule has 184 valence electrons. The van der Waals surface area contributed by atoms with E-state index in [0.29, 0.717) is 16.5 Å². The summed E-state index contributed by atoms with van der Waals surface area (Å²) in [5, 5.41) is 23.0. The topological polar surface area (TPSA) is 92.4 Å². The van der Waals surface area contributed by atoms with Gasteiger partial charge in [-0.1, -0.05) is 86.6 Å². The zero-order chi connectivity index (χ0) is 25.7. The molecule has 4 aromatic rings. The van der Waals surface area contributed by atoms with E-state index in [1.54, 1.807) is 24.3 Å². The largest absolute Gasteiger partial charge is 0.508 e. The molecule has 7 nitrogen and oxygen atoms in total. The number of amides is 1. The van der Waals surface area contributed by atoms with E-state index in [-0.39, 0.29) is 22.8 Å². The third-order valence-corrected chi connectivity index (χ3v) is 6.47. The predicted octanol–water partition coefficient (Wildman–Crippen LogP) is 5.49. The number of hydrogen-bond donors (Lipinski definition) is 2. The fourth-order valence-corrected chi connectivity index (χ4v) is 4.29. The summed E-state index contributed by atoms with van der Waals surface area (Å²) in [6.45, 7) is 8.60. The molecule has 0 saturated heterocycles. The second-order valence-electron chi connectivity index (χ2n) is 9.48. The van der Waals surface area contributed by atoms with Crippen molar-refractivity contribution in [2.45, 2.75) is 38.3 Å². The second-order valence-corrected chi connectivity index (χ2v) is 10.4. The molecular formula is C28H29N5O2S. The maximum absolute atomic E-state index is 12.4. The average molecular weight is 500 g/mol. The molecule has 0 aliphatic carbocycles. The monoisotopic (exact) mass is 499 g/mol. The van der Waals surface area contributed by atoms with Crippen molar-refractivity contribution in [1.29, 1.82) is 0 Å². The summed E-state index contributed by atoms with van der Waals surface area (Å²) < 4.78 is 1.97. The van der Waals surface area contributed by atoms with Crippen molar-refractivity contribution in [2.75, 3.05) is 5.75 Å². The van der Waals surface area contributed by atoms with E-state index in [2.05, 4.69) is 65.8 Å². The number of hydrazone groups is 1. The number of nitrogens with one attached hydrogen (secondary N) is 1. The minimum absolute atomic E-state index is 0.0565. The van der Waals surface area contributed by atoms with Gasteiger partial charge in [-0.25, -0.2) is 5.43 Å². The van der Waals surface area contributed by atoms with E-state index in [1.807, 2.05) is 35.8 Å². The van der Waals surface area contributed by atoms with Crippen LogP contribution in [0.25, 0.3) is 17.1 Å². The average Bonchev–Trinajstić information content (AvgIpc) is 3.27. The van der Waals surface area contributed by atoms with E-state index in [4.69, 9.17) is 0 Å². The van der Waals surface area contributed by atoms with Gasteiger partial charge in [0.1, 0.15) is 5.75 Å². The summed E-state index contributed by atoms with van der Waals surface area (Å²) in [5.41, 5.74) is 7.52. The van der Waals surface area contributed by atoms with Crippen molar-refractivity contribution >= 4 is 23.9 Å². The van der Waals surface area contributed by atoms with E-state index >= 15 is 0 Å². The molecule has 0 atom stereocenters. The molecule has 0 bridgehead atoms. The van der Waals surface area contributed by atoms with E-state index in [1.165, 1.54) is 23.5 Å². The highest BCUT2D eigenvalue weighted by Gasteiger charge is 2.19. The molecule has 1 heterocycles. The molecule has 1 aromatic heterocycles. The molecule has 0 fully saturated rings. The Morgan fingerprint density at radius 3 is 2.44 bits per heavy atom. The van der Waals surface area contributed by atoms with Crippen LogP contribution in [-0.2, 0) is 10.2 Å². The van der Waals surface area contributed by atoms with Crippen molar-refractivity contribution in [2.24, 2.45) is 5.10 Å². The highest BCUT2D eigenvalue weighted by Crippen LogP contribution is 2.30. The van der Waals surface area contributed by atoms with Gasteiger partial charge in [0.15, 0.2) is 11.0 Å². The van der Waals surface area contributed by atoms with Gasteiger partial charge in [0.2, 0.25) is 0 Å². The highest BCUT2D eigenvalue weighted by atomic mass is 32.2. The Morgan fingerprint density at radius 1 is 1.06 bits per heavy atom. The van der Waals surface area contributed by atoms with Gasteiger partial charge in [-0.2, -0.15) is 5.10 Å². The number of hydrogen-bond acceptors (Lipinski definition) is 6. The molecule has 8 heteroatoms. The zero-order valence-electron chi connectivity index (χ0n) is 20.8. The van der Waals surface area contributed by atoms with Crippen molar-refractivity contribution in [3.05, 3.63) is 89.5 Å². The van der Waals surface area contributed by atoms with E-state index in [0.717, 1.165) is 16.8 Å². The maximum atomic E-state index is 12.4. The normalized spacial score (nSPS) is 11.7. The van der Waals surface area contributed by atoms with Crippen LogP contribution < -0.4 is 5.43 Å². The van der Waals surface area contributed by atoms with Crippen molar-refractivity contribution in [1.82, 2.24) is 20.2 Å². The van der Waals surface area contributed by atoms with Gasteiger partial charge < -0.3 is 5.11 Å². The number of phenolic OH excluding ortho intramolecular Hbond substituents is 1. The van der Waals surface area contributed by atoms with E-state index in [9.17, 15) is 9.90 Å². The summed E-state index contributed by atoms with van der Waals surface area (Å²) in [5.74, 6) is 0.694. The van der Waals surface area contributed by atoms with Crippen LogP contribution in [0.5, 0.6) is 5.75 Å². The third kappa shape index (κ3) is 6.20. The van der Waals surface area contributed by atoms with Crippen LogP contribution >= 0.6 is 11.8 Å². The number of carbonyl (C=O) groups excluding carboxylic acids is 1. The van der Waals surface area contributed by atoms with Crippen LogP contribution in [-0.4, -0.2) is 37.7 Å². The summed E-state index contributed by atoms with van der Waals surface area (Å²) in [7, 11) is 0. The van der Waals surface area contributed by atoms with Crippen LogP contribution in [0.3, 0.4) is 0 Å². The number of aromatic nitrogens is 3. The van der Waals surface area contributed by atoms with Gasteiger partial charge in [0.05, 0.1) is 12.0 Å². The number of phenols is 1. The van der Waals surface area contributed by atoms with Crippen molar-refractivity contribution < 1.29 is 9.90 Å². The fraction of sp³-hybridized carbons (Fsp3) is 0.214. The Balaban J connectivity index is 1.54. The first-order valence-electron chi connectivity index (χ1n) is 11.6. The molecular weight excluding hydrogens is 470 g/mol. The lowest BCUT2D eigenvalue weighted by atomic mass is 9.87. The first-order chi connectivity index (χ1) is 17.2. The van der Waals surface area contributed by atoms with Crippen LogP contribution in [0.2, 0.25) is 0 Å². The lowest BCUT2D eigenvalue weighted by Crippen LogP contribution is -2.20. The molecule has 3 aromatic carbocycles. The fourth-order valence-electron chi connectivity index (χ4n) is 3.54. The van der Waals surface area contributed by atoms with Crippen LogP contribution in [0.1, 0.15) is 37.5 Å². The molecule has 0 aliphatic heterocycles. The van der Waals surface area contributed by atoms with Gasteiger partial charge in [-0.3, -0.25) is 9.36 Å². The minimum atomic E-state index is -0.272. The molecule has 0 aliphatic rings. The smallest absolute Gasteiger partial charge is 0.250 e. The first kappa shape index (κ1) is 25.2. The quantitative estimate of drug-likeness (QED) is 0.199. The summed E-state index contributed by atoms with van der Waals surface area (Å²) in [4.78, 5) is 12.4. The molecule has 2 N–H and O–H groups in total. The molecule has 0 unspecified atom stereocenters. The number of benzene rings is 3. The Bertz CT molecular complexity index is 1370. The van der Waals surface area contributed by atoms with Crippen molar-refractivity contribution in [3.8, 4) is 22.8 Å². The molecule has 0 radical (unpaired) electrons. The second kappa shape index (κ2) is 10.8. The first-order valence-corrected chi connectivity index (χ1v) is 12.6. The third-order valence-electron chi connectivity index (χ3n) is 5.54. The lowest BCUT2D eigenvalue weighted by Gasteiger charge is -2.19. The molecule has 36 heavy (non-hydrogen) atoms. The van der Waals surface area contributed by atoms with Gasteiger partial charge in [0.25, 0.3) is 5.91 Å².